The first kappa shape index (κ1) is 17.9. The fourth-order valence-electron chi connectivity index (χ4n) is 2.23. The molecule has 2 aromatic carbocycles. The summed E-state index contributed by atoms with van der Waals surface area (Å²) in [6.07, 6.45) is 2.78. The normalized spacial score (nSPS) is 10.9. The third kappa shape index (κ3) is 3.25. The quantitative estimate of drug-likeness (QED) is 0.754. The summed E-state index contributed by atoms with van der Waals surface area (Å²) < 4.78 is 32.9. The first-order valence-electron chi connectivity index (χ1n) is 6.82. The Morgan fingerprint density at radius 1 is 1.21 bits per heavy atom. The minimum Gasteiger partial charge on any atom is -0.506 e. The minimum absolute atomic E-state index is 0.00627. The lowest BCUT2D eigenvalue weighted by molar-refractivity contribution is 0.403. The van der Waals surface area contributed by atoms with Crippen molar-refractivity contribution in [2.75, 3.05) is 11.8 Å². The molecule has 0 saturated carbocycles. The average molecular weight is 366 g/mol. The third-order valence-corrected chi connectivity index (χ3v) is 5.04. The second kappa shape index (κ2) is 6.98. The smallest absolute Gasteiger partial charge is 0.265 e. The van der Waals surface area contributed by atoms with Gasteiger partial charge in [-0.2, -0.15) is 0 Å². The number of nitrogens with one attached hydrogen (secondary N) is 1. The molecule has 0 amide bonds. The van der Waals surface area contributed by atoms with Gasteiger partial charge in [0.15, 0.2) is 0 Å². The van der Waals surface area contributed by atoms with Crippen LogP contribution in [0, 0.1) is 0 Å². The number of methoxy groups -OCH3 is 1. The number of phenolic OH excluding ortho intramolecular Hbond substituents is 1. The molecule has 0 heterocycles. The van der Waals surface area contributed by atoms with Gasteiger partial charge in [-0.25, -0.2) is 8.42 Å². The van der Waals surface area contributed by atoms with Gasteiger partial charge < -0.3 is 9.84 Å². The molecular weight excluding hydrogens is 350 g/mol. The highest BCUT2D eigenvalue weighted by molar-refractivity contribution is 7.92. The topological polar surface area (TPSA) is 75.6 Å². The van der Waals surface area contributed by atoms with Crippen LogP contribution in [0.5, 0.6) is 11.5 Å². The molecule has 0 bridgehead atoms. The lowest BCUT2D eigenvalue weighted by atomic mass is 10.0. The van der Waals surface area contributed by atoms with Crippen LogP contribution < -0.4 is 9.46 Å². The van der Waals surface area contributed by atoms with E-state index in [4.69, 9.17) is 16.3 Å². The van der Waals surface area contributed by atoms with Crippen molar-refractivity contribution in [1.29, 1.82) is 0 Å². The van der Waals surface area contributed by atoms with Crippen LogP contribution in [-0.4, -0.2) is 20.6 Å². The molecule has 0 radical (unpaired) electrons. The number of hydrogen-bond donors (Lipinski definition) is 2. The SMILES string of the molecule is C=Cc1c(NS(=O)(=O)c2ccccc2OC)cc(Cl)c(O)c1C=C. The van der Waals surface area contributed by atoms with Crippen LogP contribution in [0.2, 0.25) is 5.02 Å². The van der Waals surface area contributed by atoms with Crippen LogP contribution in [0.4, 0.5) is 5.69 Å². The summed E-state index contributed by atoms with van der Waals surface area (Å²) >= 11 is 5.97. The first-order chi connectivity index (χ1) is 11.4. The standard InChI is InChI=1S/C17H16ClNO4S/c1-4-11-12(5-2)17(20)13(18)10-14(11)19-24(21,22)16-9-7-6-8-15(16)23-3/h4-10,19-20H,1-2H2,3H3. The number of sulfonamides is 1. The third-order valence-electron chi connectivity index (χ3n) is 3.34. The Morgan fingerprint density at radius 3 is 2.42 bits per heavy atom. The second-order valence-electron chi connectivity index (χ2n) is 4.75. The number of halogens is 1. The fraction of sp³-hybridized carbons (Fsp3) is 0.0588. The Kier molecular flexibility index (Phi) is 5.21. The number of para-hydroxylation sites is 1. The van der Waals surface area contributed by atoms with Gasteiger partial charge in [0, 0.05) is 11.1 Å². The van der Waals surface area contributed by atoms with E-state index < -0.39 is 10.0 Å². The molecule has 2 N–H and O–H groups in total. The maximum Gasteiger partial charge on any atom is 0.265 e. The van der Waals surface area contributed by atoms with E-state index in [2.05, 4.69) is 17.9 Å². The van der Waals surface area contributed by atoms with Crippen molar-refractivity contribution in [3.05, 3.63) is 59.6 Å². The zero-order chi connectivity index (χ0) is 17.9. The molecule has 0 aliphatic carbocycles. The number of ether oxygens (including phenoxy) is 1. The van der Waals surface area contributed by atoms with E-state index in [1.54, 1.807) is 18.2 Å². The van der Waals surface area contributed by atoms with Gasteiger partial charge in [-0.05, 0) is 18.2 Å². The zero-order valence-corrected chi connectivity index (χ0v) is 14.5. The monoisotopic (exact) mass is 365 g/mol. The highest BCUT2D eigenvalue weighted by Gasteiger charge is 2.22. The summed E-state index contributed by atoms with van der Waals surface area (Å²) in [5, 5.41) is 9.98. The van der Waals surface area contributed by atoms with Crippen LogP contribution in [0.3, 0.4) is 0 Å². The lowest BCUT2D eigenvalue weighted by Crippen LogP contribution is -2.15. The zero-order valence-electron chi connectivity index (χ0n) is 12.9. The highest BCUT2D eigenvalue weighted by atomic mass is 35.5. The molecule has 7 heteroatoms. The molecule has 0 unspecified atom stereocenters. The summed E-state index contributed by atoms with van der Waals surface area (Å²) in [6, 6.07) is 7.53. The van der Waals surface area contributed by atoms with E-state index in [9.17, 15) is 13.5 Å². The summed E-state index contributed by atoms with van der Waals surface area (Å²) in [7, 11) is -2.55. The van der Waals surface area contributed by atoms with Gasteiger partial charge in [0.1, 0.15) is 16.4 Å². The molecular formula is C17H16ClNO4S. The fourth-order valence-corrected chi connectivity index (χ4v) is 3.68. The number of hydrogen-bond acceptors (Lipinski definition) is 4. The van der Waals surface area contributed by atoms with Gasteiger partial charge in [-0.1, -0.05) is 49.0 Å². The Morgan fingerprint density at radius 2 is 1.83 bits per heavy atom. The molecule has 0 aromatic heterocycles. The maximum atomic E-state index is 12.7. The molecule has 0 aliphatic rings. The van der Waals surface area contributed by atoms with Crippen molar-refractivity contribution < 1.29 is 18.3 Å². The summed E-state index contributed by atoms with van der Waals surface area (Å²) in [5.74, 6) is 0.0146. The van der Waals surface area contributed by atoms with Crippen molar-refractivity contribution in [2.45, 2.75) is 4.90 Å². The van der Waals surface area contributed by atoms with Gasteiger partial charge in [0.2, 0.25) is 0 Å². The molecule has 0 fully saturated rings. The molecule has 5 nitrogen and oxygen atoms in total. The van der Waals surface area contributed by atoms with Crippen molar-refractivity contribution in [3.63, 3.8) is 0 Å². The predicted molar refractivity (Wildman–Crippen MR) is 97.1 cm³/mol. The van der Waals surface area contributed by atoms with Crippen molar-refractivity contribution in [1.82, 2.24) is 0 Å². The summed E-state index contributed by atoms with van der Waals surface area (Å²) in [5.41, 5.74) is 0.828. The van der Waals surface area contributed by atoms with Crippen LogP contribution in [-0.2, 0) is 10.0 Å². The number of rotatable bonds is 6. The number of anilines is 1. The Labute approximate surface area is 145 Å². The van der Waals surface area contributed by atoms with E-state index in [0.29, 0.717) is 5.56 Å². The molecule has 0 spiro atoms. The lowest BCUT2D eigenvalue weighted by Gasteiger charge is -2.16. The van der Waals surface area contributed by atoms with Crippen LogP contribution in [0.1, 0.15) is 11.1 Å². The van der Waals surface area contributed by atoms with E-state index in [-0.39, 0.29) is 32.7 Å². The van der Waals surface area contributed by atoms with Crippen molar-refractivity contribution >= 4 is 39.5 Å². The van der Waals surface area contributed by atoms with Gasteiger partial charge in [-0.15, -0.1) is 0 Å². The van der Waals surface area contributed by atoms with E-state index in [0.717, 1.165) is 0 Å². The molecule has 2 rings (SSSR count). The number of benzene rings is 2. The highest BCUT2D eigenvalue weighted by Crippen LogP contribution is 2.38. The van der Waals surface area contributed by atoms with Crippen LogP contribution in [0.25, 0.3) is 12.2 Å². The molecule has 0 aliphatic heterocycles. The minimum atomic E-state index is -3.94. The second-order valence-corrected chi connectivity index (χ2v) is 6.80. The van der Waals surface area contributed by atoms with E-state index in [1.807, 2.05) is 0 Å². The molecule has 0 saturated heterocycles. The molecule has 0 atom stereocenters. The predicted octanol–water partition coefficient (Wildman–Crippen LogP) is 4.14. The molecule has 2 aromatic rings. The average Bonchev–Trinajstić information content (AvgIpc) is 2.57. The van der Waals surface area contributed by atoms with E-state index >= 15 is 0 Å². The van der Waals surface area contributed by atoms with Crippen LogP contribution in [0.15, 0.2) is 48.4 Å². The van der Waals surface area contributed by atoms with Crippen molar-refractivity contribution in [2.24, 2.45) is 0 Å². The van der Waals surface area contributed by atoms with Gasteiger partial charge in [-0.3, -0.25) is 4.72 Å². The van der Waals surface area contributed by atoms with Gasteiger partial charge in [0.05, 0.1) is 17.8 Å². The number of phenols is 1. The summed E-state index contributed by atoms with van der Waals surface area (Å²) in [6.45, 7) is 7.25. The summed E-state index contributed by atoms with van der Waals surface area (Å²) in [4.78, 5) is -0.0214. The Balaban J connectivity index is 2.60. The first-order valence-corrected chi connectivity index (χ1v) is 8.68. The molecule has 24 heavy (non-hydrogen) atoms. The van der Waals surface area contributed by atoms with Crippen molar-refractivity contribution in [3.8, 4) is 11.5 Å². The largest absolute Gasteiger partial charge is 0.506 e. The van der Waals surface area contributed by atoms with Gasteiger partial charge in [0.25, 0.3) is 10.0 Å². The van der Waals surface area contributed by atoms with Crippen LogP contribution >= 0.6 is 11.6 Å². The maximum absolute atomic E-state index is 12.7. The molecule has 126 valence electrons. The van der Waals surface area contributed by atoms with Gasteiger partial charge >= 0.3 is 0 Å². The number of aromatic hydroxyl groups is 1. The van der Waals surface area contributed by atoms with E-state index in [1.165, 1.54) is 31.4 Å². The Bertz CT molecular complexity index is 907. The Hall–Kier alpha value is -2.44.